The van der Waals surface area contributed by atoms with Crippen molar-refractivity contribution < 1.29 is 19.5 Å². The Bertz CT molecular complexity index is 1360. The molecule has 8 heteroatoms. The van der Waals surface area contributed by atoms with E-state index < -0.39 is 5.97 Å². The van der Waals surface area contributed by atoms with Gasteiger partial charge in [-0.05, 0) is 55.0 Å². The standard InChI is InChI=1S/C30H30N4O4/c35-27(14-15-28(36)37)33(22-12-13-22)29-23-4-1-2-6-25(23)34(26-7-3-5-24(26)29)30(38)20-10-8-19(9-11-20)21-16-31-18-32-17-21/h1-2,4,6,8-11,16-18,22,24,26,29H,3,5,7,12-15H2,(H,36,37). The lowest BCUT2D eigenvalue weighted by molar-refractivity contribution is -0.142. The van der Waals surface area contributed by atoms with E-state index in [2.05, 4.69) is 9.97 Å². The number of hydrogen-bond donors (Lipinski definition) is 1. The molecule has 2 heterocycles. The zero-order valence-corrected chi connectivity index (χ0v) is 21.1. The van der Waals surface area contributed by atoms with Crippen LogP contribution in [0.2, 0.25) is 0 Å². The van der Waals surface area contributed by atoms with Gasteiger partial charge in [-0.3, -0.25) is 14.4 Å². The molecule has 2 amide bonds. The molecular formula is C30H30N4O4. The average Bonchev–Trinajstić information content (AvgIpc) is 3.67. The number of aromatic nitrogens is 2. The fraction of sp³-hybridized carbons (Fsp3) is 0.367. The van der Waals surface area contributed by atoms with Crippen molar-refractivity contribution in [3.8, 4) is 11.1 Å². The SMILES string of the molecule is O=C(O)CCC(=O)N(C1CC1)C1c2ccccc2N(C(=O)c2ccc(-c3cncnc3)cc2)C2CCCC21. The molecule has 1 aromatic heterocycles. The lowest BCUT2D eigenvalue weighted by atomic mass is 9.81. The number of carbonyl (C=O) groups is 3. The first kappa shape index (κ1) is 24.3. The summed E-state index contributed by atoms with van der Waals surface area (Å²) in [6.07, 6.45) is 9.49. The van der Waals surface area contributed by atoms with Crippen LogP contribution in [0.5, 0.6) is 0 Å². The van der Waals surface area contributed by atoms with E-state index in [1.807, 2.05) is 58.3 Å². The van der Waals surface area contributed by atoms with Gasteiger partial charge in [-0.25, -0.2) is 9.97 Å². The van der Waals surface area contributed by atoms with Gasteiger partial charge in [-0.15, -0.1) is 0 Å². The average molecular weight is 511 g/mol. The number of hydrogen-bond acceptors (Lipinski definition) is 5. The highest BCUT2D eigenvalue weighted by Crippen LogP contribution is 2.53. The second-order valence-corrected chi connectivity index (χ2v) is 10.5. The van der Waals surface area contributed by atoms with Crippen molar-refractivity contribution in [2.45, 2.75) is 63.1 Å². The molecule has 2 saturated carbocycles. The molecule has 1 N–H and O–H groups in total. The smallest absolute Gasteiger partial charge is 0.303 e. The third kappa shape index (κ3) is 4.44. The van der Waals surface area contributed by atoms with E-state index in [4.69, 9.17) is 0 Å². The molecule has 6 rings (SSSR count). The summed E-state index contributed by atoms with van der Waals surface area (Å²) in [7, 11) is 0. The van der Waals surface area contributed by atoms with Crippen LogP contribution in [0.25, 0.3) is 11.1 Å². The van der Waals surface area contributed by atoms with Crippen LogP contribution >= 0.6 is 0 Å². The van der Waals surface area contributed by atoms with Gasteiger partial charge in [0.25, 0.3) is 5.91 Å². The number of carboxylic acid groups (broad SMARTS) is 1. The molecule has 2 aliphatic carbocycles. The van der Waals surface area contributed by atoms with E-state index in [0.29, 0.717) is 5.56 Å². The number of carbonyl (C=O) groups excluding carboxylic acids is 2. The number of carboxylic acids is 1. The van der Waals surface area contributed by atoms with Crippen LogP contribution in [0.3, 0.4) is 0 Å². The predicted molar refractivity (Wildman–Crippen MR) is 141 cm³/mol. The third-order valence-electron chi connectivity index (χ3n) is 8.11. The largest absolute Gasteiger partial charge is 0.481 e. The zero-order valence-electron chi connectivity index (χ0n) is 21.1. The normalized spacial score (nSPS) is 21.9. The van der Waals surface area contributed by atoms with Crippen molar-refractivity contribution in [2.24, 2.45) is 5.92 Å². The van der Waals surface area contributed by atoms with Crippen molar-refractivity contribution in [2.75, 3.05) is 4.90 Å². The molecule has 38 heavy (non-hydrogen) atoms. The number of para-hydroxylation sites is 1. The Kier molecular flexibility index (Phi) is 6.39. The van der Waals surface area contributed by atoms with Gasteiger partial charge in [0.15, 0.2) is 0 Å². The molecule has 0 bridgehead atoms. The van der Waals surface area contributed by atoms with E-state index >= 15 is 0 Å². The molecule has 0 radical (unpaired) electrons. The quantitative estimate of drug-likeness (QED) is 0.486. The van der Waals surface area contributed by atoms with Crippen LogP contribution in [-0.2, 0) is 9.59 Å². The van der Waals surface area contributed by atoms with Crippen molar-refractivity contribution in [1.82, 2.24) is 14.9 Å². The summed E-state index contributed by atoms with van der Waals surface area (Å²) in [6.45, 7) is 0. The summed E-state index contributed by atoms with van der Waals surface area (Å²) in [6, 6.07) is 15.5. The molecule has 0 saturated heterocycles. The minimum Gasteiger partial charge on any atom is -0.481 e. The fourth-order valence-electron chi connectivity index (χ4n) is 6.31. The van der Waals surface area contributed by atoms with Gasteiger partial charge in [0.2, 0.25) is 5.91 Å². The summed E-state index contributed by atoms with van der Waals surface area (Å²) in [4.78, 5) is 50.7. The zero-order chi connectivity index (χ0) is 26.2. The summed E-state index contributed by atoms with van der Waals surface area (Å²) < 4.78 is 0. The molecule has 3 unspecified atom stereocenters. The first-order valence-corrected chi connectivity index (χ1v) is 13.3. The Labute approximate surface area is 221 Å². The van der Waals surface area contributed by atoms with Gasteiger partial charge < -0.3 is 14.9 Å². The lowest BCUT2D eigenvalue weighted by Gasteiger charge is -2.48. The van der Waals surface area contributed by atoms with E-state index in [-0.39, 0.29) is 48.7 Å². The predicted octanol–water partition coefficient (Wildman–Crippen LogP) is 4.87. The highest BCUT2D eigenvalue weighted by Gasteiger charge is 2.51. The molecule has 8 nitrogen and oxygen atoms in total. The molecule has 2 fully saturated rings. The molecule has 3 atom stereocenters. The van der Waals surface area contributed by atoms with Crippen molar-refractivity contribution >= 4 is 23.5 Å². The van der Waals surface area contributed by atoms with Crippen molar-refractivity contribution in [1.29, 1.82) is 0 Å². The number of nitrogens with zero attached hydrogens (tertiary/aromatic N) is 4. The Morgan fingerprint density at radius 3 is 2.34 bits per heavy atom. The summed E-state index contributed by atoms with van der Waals surface area (Å²) >= 11 is 0. The fourth-order valence-corrected chi connectivity index (χ4v) is 6.31. The van der Waals surface area contributed by atoms with Crippen molar-refractivity contribution in [3.63, 3.8) is 0 Å². The van der Waals surface area contributed by atoms with E-state index in [9.17, 15) is 19.5 Å². The minimum atomic E-state index is -0.959. The maximum absolute atomic E-state index is 14.0. The molecule has 3 aromatic rings. The minimum absolute atomic E-state index is 0.00331. The first-order valence-electron chi connectivity index (χ1n) is 13.3. The molecule has 3 aliphatic rings. The highest BCUT2D eigenvalue weighted by molar-refractivity contribution is 6.07. The van der Waals surface area contributed by atoms with Crippen LogP contribution in [0.1, 0.15) is 66.9 Å². The maximum Gasteiger partial charge on any atom is 0.303 e. The van der Waals surface area contributed by atoms with E-state index in [0.717, 1.165) is 54.5 Å². The summed E-state index contributed by atoms with van der Waals surface area (Å²) in [5.74, 6) is -0.983. The van der Waals surface area contributed by atoms with E-state index in [1.54, 1.807) is 12.4 Å². The maximum atomic E-state index is 14.0. The summed E-state index contributed by atoms with van der Waals surface area (Å²) in [5.41, 5.74) is 4.28. The van der Waals surface area contributed by atoms with Gasteiger partial charge >= 0.3 is 5.97 Å². The number of fused-ring (bicyclic) bond motifs is 2. The van der Waals surface area contributed by atoms with E-state index in [1.165, 1.54) is 6.33 Å². The Morgan fingerprint density at radius 2 is 1.63 bits per heavy atom. The number of aliphatic carboxylic acids is 1. The van der Waals surface area contributed by atoms with Crippen LogP contribution in [0.4, 0.5) is 5.69 Å². The first-order chi connectivity index (χ1) is 18.5. The number of benzene rings is 2. The Morgan fingerprint density at radius 1 is 0.895 bits per heavy atom. The van der Waals surface area contributed by atoms with Gasteiger partial charge in [0.1, 0.15) is 6.33 Å². The molecular weight excluding hydrogens is 480 g/mol. The van der Waals surface area contributed by atoms with Crippen LogP contribution in [0, 0.1) is 5.92 Å². The molecule has 0 spiro atoms. The molecule has 1 aliphatic heterocycles. The Hall–Kier alpha value is -4.07. The van der Waals surface area contributed by atoms with Crippen LogP contribution < -0.4 is 4.90 Å². The summed E-state index contributed by atoms with van der Waals surface area (Å²) in [5, 5.41) is 9.18. The van der Waals surface area contributed by atoms with Crippen molar-refractivity contribution in [3.05, 3.63) is 78.4 Å². The Balaban J connectivity index is 1.35. The van der Waals surface area contributed by atoms with Gasteiger partial charge in [-0.1, -0.05) is 36.8 Å². The highest BCUT2D eigenvalue weighted by atomic mass is 16.4. The second-order valence-electron chi connectivity index (χ2n) is 10.5. The van der Waals surface area contributed by atoms with Crippen LogP contribution in [-0.4, -0.2) is 49.8 Å². The van der Waals surface area contributed by atoms with Gasteiger partial charge in [0, 0.05) is 53.6 Å². The van der Waals surface area contributed by atoms with Gasteiger partial charge in [-0.2, -0.15) is 0 Å². The number of rotatable bonds is 7. The second kappa shape index (κ2) is 10.0. The molecule has 2 aromatic carbocycles. The van der Waals surface area contributed by atoms with Crippen LogP contribution in [0.15, 0.2) is 67.3 Å². The number of anilines is 1. The monoisotopic (exact) mass is 510 g/mol. The molecule has 194 valence electrons. The lowest BCUT2D eigenvalue weighted by Crippen LogP contribution is -2.52. The topological polar surface area (TPSA) is 104 Å². The number of amides is 2. The van der Waals surface area contributed by atoms with Gasteiger partial charge in [0.05, 0.1) is 12.5 Å². The third-order valence-corrected chi connectivity index (χ3v) is 8.11.